The fourth-order valence-corrected chi connectivity index (χ4v) is 2.51. The highest BCUT2D eigenvalue weighted by atomic mass is 16.5. The van der Waals surface area contributed by atoms with Crippen molar-refractivity contribution in [1.82, 2.24) is 10.2 Å². The summed E-state index contributed by atoms with van der Waals surface area (Å²) >= 11 is 0. The zero-order valence-electron chi connectivity index (χ0n) is 15.5. The molecule has 7 nitrogen and oxygen atoms in total. The Labute approximate surface area is 153 Å². The molecule has 0 saturated carbocycles. The van der Waals surface area contributed by atoms with Crippen LogP contribution in [-0.4, -0.2) is 51.8 Å². The van der Waals surface area contributed by atoms with Crippen LogP contribution in [-0.2, 0) is 22.6 Å². The molecule has 2 aromatic rings. The second-order valence-corrected chi connectivity index (χ2v) is 5.75. The molecule has 0 saturated heterocycles. The first-order valence-corrected chi connectivity index (χ1v) is 8.37. The smallest absolute Gasteiger partial charge is 0.234 e. The lowest BCUT2D eigenvalue weighted by Gasteiger charge is -2.20. The normalized spacial score (nSPS) is 10.8. The fourth-order valence-electron chi connectivity index (χ4n) is 2.51. The summed E-state index contributed by atoms with van der Waals surface area (Å²) in [4.78, 5) is 14.3. The maximum Gasteiger partial charge on any atom is 0.234 e. The minimum Gasteiger partial charge on any atom is -0.493 e. The van der Waals surface area contributed by atoms with Crippen LogP contribution >= 0.6 is 0 Å². The third kappa shape index (κ3) is 6.09. The summed E-state index contributed by atoms with van der Waals surface area (Å²) in [6.07, 6.45) is 1.63. The van der Waals surface area contributed by atoms with E-state index >= 15 is 0 Å². The summed E-state index contributed by atoms with van der Waals surface area (Å²) in [5, 5.41) is 2.93. The van der Waals surface area contributed by atoms with Crippen LogP contribution in [0.4, 0.5) is 0 Å². The Bertz CT molecular complexity index is 673. The number of amides is 1. The van der Waals surface area contributed by atoms with Crippen molar-refractivity contribution in [1.29, 1.82) is 0 Å². The average molecular weight is 362 g/mol. The van der Waals surface area contributed by atoms with Crippen molar-refractivity contribution in [2.45, 2.75) is 13.1 Å². The number of hydrogen-bond acceptors (Lipinski definition) is 6. The van der Waals surface area contributed by atoms with E-state index in [1.165, 1.54) is 0 Å². The molecule has 0 spiro atoms. The number of ether oxygens (including phenoxy) is 3. The quantitative estimate of drug-likeness (QED) is 0.660. The van der Waals surface area contributed by atoms with Crippen molar-refractivity contribution in [3.8, 4) is 11.5 Å². The van der Waals surface area contributed by atoms with E-state index in [9.17, 15) is 4.79 Å². The third-order valence-corrected chi connectivity index (χ3v) is 3.88. The van der Waals surface area contributed by atoms with Crippen molar-refractivity contribution in [2.24, 2.45) is 0 Å². The molecular weight excluding hydrogens is 336 g/mol. The van der Waals surface area contributed by atoms with Crippen molar-refractivity contribution >= 4 is 5.91 Å². The molecule has 1 N–H and O–H groups in total. The van der Waals surface area contributed by atoms with Gasteiger partial charge in [-0.05, 0) is 29.8 Å². The summed E-state index contributed by atoms with van der Waals surface area (Å²) < 4.78 is 21.0. The van der Waals surface area contributed by atoms with Crippen molar-refractivity contribution in [3.05, 3.63) is 47.9 Å². The number of nitrogens with one attached hydrogen (secondary N) is 1. The van der Waals surface area contributed by atoms with Gasteiger partial charge in [0.2, 0.25) is 5.91 Å². The summed E-state index contributed by atoms with van der Waals surface area (Å²) in [5.41, 5.74) is 0.936. The van der Waals surface area contributed by atoms with Gasteiger partial charge in [-0.3, -0.25) is 9.69 Å². The number of hydrogen-bond donors (Lipinski definition) is 1. The van der Waals surface area contributed by atoms with Gasteiger partial charge in [0.15, 0.2) is 11.5 Å². The first kappa shape index (κ1) is 19.8. The molecule has 26 heavy (non-hydrogen) atoms. The van der Waals surface area contributed by atoms with Crippen LogP contribution in [0.1, 0.15) is 11.3 Å². The highest BCUT2D eigenvalue weighted by Gasteiger charge is 2.13. The minimum atomic E-state index is -0.0672. The van der Waals surface area contributed by atoms with E-state index in [0.717, 1.165) is 11.3 Å². The van der Waals surface area contributed by atoms with Crippen LogP contribution in [0.25, 0.3) is 0 Å². The molecule has 0 aliphatic heterocycles. The molecule has 2 rings (SSSR count). The molecule has 0 aliphatic rings. The number of carbonyl (C=O) groups is 1. The van der Waals surface area contributed by atoms with E-state index in [-0.39, 0.29) is 12.5 Å². The summed E-state index contributed by atoms with van der Waals surface area (Å²) in [7, 11) is 4.82. The van der Waals surface area contributed by atoms with Crippen molar-refractivity contribution in [3.63, 3.8) is 0 Å². The SMILES string of the molecule is COCCN(CC(=O)NCc1ccc(OC)c(OC)c1)Cc1ccco1. The molecule has 1 aromatic heterocycles. The number of nitrogens with zero attached hydrogens (tertiary/aromatic N) is 1. The zero-order chi connectivity index (χ0) is 18.8. The number of methoxy groups -OCH3 is 3. The lowest BCUT2D eigenvalue weighted by molar-refractivity contribution is -0.122. The van der Waals surface area contributed by atoms with Crippen LogP contribution in [0.5, 0.6) is 11.5 Å². The Morgan fingerprint density at radius 3 is 2.62 bits per heavy atom. The predicted octanol–water partition coefficient (Wildman–Crippen LogP) is 2.06. The Kier molecular flexibility index (Phi) is 7.98. The van der Waals surface area contributed by atoms with E-state index < -0.39 is 0 Å². The first-order chi connectivity index (χ1) is 12.7. The van der Waals surface area contributed by atoms with Crippen LogP contribution < -0.4 is 14.8 Å². The fraction of sp³-hybridized carbons (Fsp3) is 0.421. The van der Waals surface area contributed by atoms with Gasteiger partial charge in [-0.1, -0.05) is 6.07 Å². The van der Waals surface area contributed by atoms with Crippen LogP contribution in [0.3, 0.4) is 0 Å². The Hall–Kier alpha value is -2.51. The number of rotatable bonds is 11. The molecule has 0 radical (unpaired) electrons. The molecular formula is C19H26N2O5. The second-order valence-electron chi connectivity index (χ2n) is 5.75. The van der Waals surface area contributed by atoms with Gasteiger partial charge in [0.1, 0.15) is 5.76 Å². The van der Waals surface area contributed by atoms with Gasteiger partial charge in [-0.2, -0.15) is 0 Å². The number of benzene rings is 1. The molecule has 1 aromatic carbocycles. The maximum absolute atomic E-state index is 12.3. The molecule has 142 valence electrons. The van der Waals surface area contributed by atoms with E-state index in [4.69, 9.17) is 18.6 Å². The predicted molar refractivity (Wildman–Crippen MR) is 97.3 cm³/mol. The molecule has 0 aliphatic carbocycles. The van der Waals surface area contributed by atoms with Gasteiger partial charge in [-0.15, -0.1) is 0 Å². The van der Waals surface area contributed by atoms with Gasteiger partial charge >= 0.3 is 0 Å². The second kappa shape index (κ2) is 10.5. The standard InChI is InChI=1S/C19H26N2O5/c1-23-10-8-21(13-16-5-4-9-26-16)14-19(22)20-12-15-6-7-17(24-2)18(11-15)25-3/h4-7,9,11H,8,10,12-14H2,1-3H3,(H,20,22). The van der Waals surface area contributed by atoms with Gasteiger partial charge < -0.3 is 23.9 Å². The molecule has 0 unspecified atom stereocenters. The topological polar surface area (TPSA) is 73.2 Å². The van der Waals surface area contributed by atoms with Crippen molar-refractivity contribution < 1.29 is 23.4 Å². The molecule has 0 bridgehead atoms. The summed E-state index contributed by atoms with van der Waals surface area (Å²) in [6, 6.07) is 9.29. The lowest BCUT2D eigenvalue weighted by atomic mass is 10.2. The highest BCUT2D eigenvalue weighted by Crippen LogP contribution is 2.27. The molecule has 1 amide bonds. The average Bonchev–Trinajstić information content (AvgIpc) is 3.17. The van der Waals surface area contributed by atoms with Gasteiger partial charge in [0.25, 0.3) is 0 Å². The third-order valence-electron chi connectivity index (χ3n) is 3.88. The monoisotopic (exact) mass is 362 g/mol. The highest BCUT2D eigenvalue weighted by molar-refractivity contribution is 5.78. The Morgan fingerprint density at radius 1 is 1.15 bits per heavy atom. The van der Waals surface area contributed by atoms with Gasteiger partial charge in [0, 0.05) is 20.2 Å². The Balaban J connectivity index is 1.88. The van der Waals surface area contributed by atoms with Crippen molar-refractivity contribution in [2.75, 3.05) is 41.0 Å². The van der Waals surface area contributed by atoms with Gasteiger partial charge in [-0.25, -0.2) is 0 Å². The Morgan fingerprint density at radius 2 is 1.96 bits per heavy atom. The largest absolute Gasteiger partial charge is 0.493 e. The van der Waals surface area contributed by atoms with E-state index in [1.54, 1.807) is 27.6 Å². The minimum absolute atomic E-state index is 0.0672. The van der Waals surface area contributed by atoms with Crippen LogP contribution in [0.15, 0.2) is 41.0 Å². The van der Waals surface area contributed by atoms with E-state index in [0.29, 0.717) is 37.7 Å². The summed E-state index contributed by atoms with van der Waals surface area (Å²) in [6.45, 7) is 2.42. The van der Waals surface area contributed by atoms with E-state index in [1.807, 2.05) is 35.2 Å². The number of furan rings is 1. The van der Waals surface area contributed by atoms with Crippen LogP contribution in [0, 0.1) is 0 Å². The van der Waals surface area contributed by atoms with E-state index in [2.05, 4.69) is 5.32 Å². The van der Waals surface area contributed by atoms with Crippen LogP contribution in [0.2, 0.25) is 0 Å². The molecule has 1 heterocycles. The summed E-state index contributed by atoms with van der Waals surface area (Å²) in [5.74, 6) is 2.04. The first-order valence-electron chi connectivity index (χ1n) is 8.37. The molecule has 0 atom stereocenters. The molecule has 7 heteroatoms. The zero-order valence-corrected chi connectivity index (χ0v) is 15.5. The lowest BCUT2D eigenvalue weighted by Crippen LogP contribution is -2.38. The maximum atomic E-state index is 12.3. The van der Waals surface area contributed by atoms with Gasteiger partial charge in [0.05, 0.1) is 40.2 Å². The number of carbonyl (C=O) groups excluding carboxylic acids is 1. The molecule has 0 fully saturated rings.